The van der Waals surface area contributed by atoms with Crippen molar-refractivity contribution in [2.75, 3.05) is 32.9 Å². The van der Waals surface area contributed by atoms with Gasteiger partial charge in [0.15, 0.2) is 22.7 Å². The molecule has 0 spiro atoms. The van der Waals surface area contributed by atoms with Gasteiger partial charge in [0.25, 0.3) is 0 Å². The van der Waals surface area contributed by atoms with Gasteiger partial charge in [0.2, 0.25) is 18.6 Å². The number of hydrogen-bond donors (Lipinski definition) is 2. The number of hydrogen-bond acceptors (Lipinski definition) is 13. The number of nitrogens with two attached hydrogens (primary N) is 1. The van der Waals surface area contributed by atoms with E-state index in [2.05, 4.69) is 20.0 Å². The van der Waals surface area contributed by atoms with Crippen molar-refractivity contribution < 1.29 is 42.1 Å². The average molecular weight is 552 g/mol. The summed E-state index contributed by atoms with van der Waals surface area (Å²) in [5.41, 5.74) is 6.58. The second-order valence-corrected chi connectivity index (χ2v) is 9.98. The molecule has 1 aliphatic rings. The van der Waals surface area contributed by atoms with Crippen molar-refractivity contribution in [1.82, 2.24) is 24.6 Å². The number of rotatable bonds is 13. The molecule has 0 bridgehead atoms. The summed E-state index contributed by atoms with van der Waals surface area (Å²) >= 11 is 0. The Morgan fingerprint density at radius 2 is 2.00 bits per heavy atom. The first-order valence-electron chi connectivity index (χ1n) is 11.6. The Balaban J connectivity index is 1.39. The molecule has 0 fully saturated rings. The van der Waals surface area contributed by atoms with Gasteiger partial charge in [0.1, 0.15) is 18.5 Å². The normalized spacial score (nSPS) is 14.9. The summed E-state index contributed by atoms with van der Waals surface area (Å²) in [6.07, 6.45) is 1.15. The van der Waals surface area contributed by atoms with E-state index in [0.717, 1.165) is 0 Å². The van der Waals surface area contributed by atoms with Crippen molar-refractivity contribution in [2.45, 2.75) is 39.6 Å². The zero-order chi connectivity index (χ0) is 27.3. The smallest absolute Gasteiger partial charge is 0.459 e. The van der Waals surface area contributed by atoms with Crippen LogP contribution in [0.25, 0.3) is 11.2 Å². The van der Waals surface area contributed by atoms with Gasteiger partial charge in [0.05, 0.1) is 32.8 Å². The fourth-order valence-electron chi connectivity index (χ4n) is 3.34. The van der Waals surface area contributed by atoms with Crippen LogP contribution in [0.2, 0.25) is 0 Å². The zero-order valence-electron chi connectivity index (χ0n) is 21.3. The molecule has 3 aromatic rings. The molecular weight excluding hydrogens is 523 g/mol. The number of methoxy groups -OCH3 is 1. The van der Waals surface area contributed by atoms with Gasteiger partial charge in [-0.1, -0.05) is 0 Å². The van der Waals surface area contributed by atoms with Crippen LogP contribution >= 0.6 is 7.75 Å². The van der Waals surface area contributed by atoms with E-state index in [4.69, 9.17) is 38.5 Å². The number of nitrogens with one attached hydrogen (secondary N) is 1. The number of imidazole rings is 1. The summed E-state index contributed by atoms with van der Waals surface area (Å²) in [5.74, 6) is 0.799. The van der Waals surface area contributed by atoms with Crippen LogP contribution in [-0.2, 0) is 30.1 Å². The Morgan fingerprint density at radius 1 is 1.21 bits per heavy atom. The van der Waals surface area contributed by atoms with Gasteiger partial charge < -0.3 is 33.9 Å². The highest BCUT2D eigenvalue weighted by Crippen LogP contribution is 2.47. The molecule has 2 aromatic heterocycles. The molecule has 0 radical (unpaired) electrons. The molecule has 0 saturated heterocycles. The number of nitrogens with zero attached hydrogens (tertiary/aromatic N) is 4. The molecule has 2 atom stereocenters. The number of ether oxygens (including phenoxy) is 5. The second-order valence-electron chi connectivity index (χ2n) is 8.29. The number of carbonyl (C=O) groups excluding carboxylic acids is 1. The lowest BCUT2D eigenvalue weighted by molar-refractivity contribution is -0.149. The van der Waals surface area contributed by atoms with Crippen LogP contribution in [0.3, 0.4) is 0 Å². The van der Waals surface area contributed by atoms with Crippen LogP contribution in [0, 0.1) is 0 Å². The monoisotopic (exact) mass is 552 g/mol. The fourth-order valence-corrected chi connectivity index (χ4v) is 4.80. The van der Waals surface area contributed by atoms with Gasteiger partial charge in [-0.3, -0.25) is 13.9 Å². The predicted octanol–water partition coefficient (Wildman–Crippen LogP) is 2.25. The largest absolute Gasteiger partial charge is 0.479 e. The van der Waals surface area contributed by atoms with Crippen LogP contribution in [0.15, 0.2) is 24.5 Å². The SMILES string of the molecule is COc1nc(N)nc2c1ncn2COCCOP(=O)(N[C@H](C)C(=O)OC(C)C)Oc1ccc2c(c1)OCO2. The number of esters is 1. The first-order valence-corrected chi connectivity index (χ1v) is 13.1. The van der Waals surface area contributed by atoms with E-state index in [1.165, 1.54) is 26.4 Å². The molecule has 1 unspecified atom stereocenters. The average Bonchev–Trinajstić information content (AvgIpc) is 3.49. The number of anilines is 1. The lowest BCUT2D eigenvalue weighted by atomic mass is 10.3. The third kappa shape index (κ3) is 6.61. The Bertz CT molecular complexity index is 1330. The molecule has 16 heteroatoms. The summed E-state index contributed by atoms with van der Waals surface area (Å²) in [7, 11) is -2.62. The predicted molar refractivity (Wildman–Crippen MR) is 133 cm³/mol. The lowest BCUT2D eigenvalue weighted by Gasteiger charge is -2.23. The van der Waals surface area contributed by atoms with Gasteiger partial charge in [-0.25, -0.2) is 9.55 Å². The van der Waals surface area contributed by atoms with Gasteiger partial charge in [-0.05, 0) is 32.9 Å². The highest BCUT2D eigenvalue weighted by molar-refractivity contribution is 7.52. The van der Waals surface area contributed by atoms with Crippen LogP contribution in [0.1, 0.15) is 20.8 Å². The molecule has 0 amide bonds. The molecule has 1 aromatic carbocycles. The Hall–Kier alpha value is -3.65. The van der Waals surface area contributed by atoms with Crippen molar-refractivity contribution in [2.24, 2.45) is 0 Å². The van der Waals surface area contributed by atoms with E-state index in [-0.39, 0.29) is 50.4 Å². The van der Waals surface area contributed by atoms with E-state index in [1.54, 1.807) is 30.5 Å². The summed E-state index contributed by atoms with van der Waals surface area (Å²) in [6.45, 7) is 4.89. The standard InChI is InChI=1S/C22H29N6O9P/c1-13(2)36-21(29)14(3)27-38(30,37-15-5-6-16-17(9-15)34-12-33-16)35-8-7-32-11-28-10-24-18-19(28)25-22(23)26-20(18)31-4/h5-6,9-10,13-14H,7-8,11-12H2,1-4H3,(H,27,30)(H2,23,25,26)/t14-,38?/m1/s1. The van der Waals surface area contributed by atoms with Crippen molar-refractivity contribution in [3.8, 4) is 23.1 Å². The molecule has 0 saturated carbocycles. The fraction of sp³-hybridized carbons (Fsp3) is 0.455. The van der Waals surface area contributed by atoms with E-state index in [9.17, 15) is 9.36 Å². The summed E-state index contributed by atoms with van der Waals surface area (Å²) in [4.78, 5) is 24.7. The zero-order valence-corrected chi connectivity index (χ0v) is 22.2. The van der Waals surface area contributed by atoms with Gasteiger partial charge >= 0.3 is 13.7 Å². The highest BCUT2D eigenvalue weighted by atomic mass is 31.2. The maximum Gasteiger partial charge on any atom is 0.459 e. The van der Waals surface area contributed by atoms with Crippen LogP contribution in [0.4, 0.5) is 5.95 Å². The van der Waals surface area contributed by atoms with Crippen molar-refractivity contribution >= 4 is 30.8 Å². The molecule has 0 aliphatic carbocycles. The molecular formula is C22H29N6O9P. The Morgan fingerprint density at radius 3 is 2.76 bits per heavy atom. The highest BCUT2D eigenvalue weighted by Gasteiger charge is 2.33. The summed E-state index contributed by atoms with van der Waals surface area (Å²) in [5, 5.41) is 2.61. The maximum atomic E-state index is 13.6. The third-order valence-electron chi connectivity index (χ3n) is 4.99. The van der Waals surface area contributed by atoms with E-state index in [0.29, 0.717) is 22.7 Å². The summed E-state index contributed by atoms with van der Waals surface area (Å²) < 4.78 is 53.1. The van der Waals surface area contributed by atoms with Gasteiger partial charge in [0, 0.05) is 6.07 Å². The number of nitrogen functional groups attached to an aromatic ring is 1. The minimum Gasteiger partial charge on any atom is -0.479 e. The molecule has 4 rings (SSSR count). The van der Waals surface area contributed by atoms with Crippen LogP contribution < -0.4 is 29.6 Å². The number of fused-ring (bicyclic) bond motifs is 2. The van der Waals surface area contributed by atoms with E-state index < -0.39 is 19.8 Å². The van der Waals surface area contributed by atoms with E-state index >= 15 is 0 Å². The minimum absolute atomic E-state index is 0.0123. The molecule has 1 aliphatic heterocycles. The number of aromatic nitrogens is 4. The Kier molecular flexibility index (Phi) is 8.52. The number of carbonyl (C=O) groups is 1. The van der Waals surface area contributed by atoms with Crippen molar-refractivity contribution in [3.63, 3.8) is 0 Å². The van der Waals surface area contributed by atoms with Crippen LogP contribution in [-0.4, -0.2) is 64.8 Å². The summed E-state index contributed by atoms with van der Waals surface area (Å²) in [6, 6.07) is 3.68. The first kappa shape index (κ1) is 27.4. The first-order chi connectivity index (χ1) is 18.2. The second kappa shape index (κ2) is 11.8. The Labute approximate surface area is 218 Å². The van der Waals surface area contributed by atoms with Gasteiger partial charge in [-0.15, -0.1) is 0 Å². The topological polar surface area (TPSA) is 180 Å². The van der Waals surface area contributed by atoms with Crippen molar-refractivity contribution in [3.05, 3.63) is 24.5 Å². The molecule has 206 valence electrons. The molecule has 3 N–H and O–H groups in total. The lowest BCUT2D eigenvalue weighted by Crippen LogP contribution is -2.36. The van der Waals surface area contributed by atoms with E-state index in [1.807, 2.05) is 0 Å². The maximum absolute atomic E-state index is 13.6. The van der Waals surface area contributed by atoms with Crippen LogP contribution in [0.5, 0.6) is 23.1 Å². The molecule has 38 heavy (non-hydrogen) atoms. The quantitative estimate of drug-likeness (QED) is 0.179. The minimum atomic E-state index is -4.08. The van der Waals surface area contributed by atoms with Gasteiger partial charge in [-0.2, -0.15) is 15.1 Å². The van der Waals surface area contributed by atoms with Crippen molar-refractivity contribution in [1.29, 1.82) is 0 Å². The third-order valence-corrected chi connectivity index (χ3v) is 6.67. The molecule has 3 heterocycles. The number of benzene rings is 1. The molecule has 15 nitrogen and oxygen atoms in total.